The monoisotopic (exact) mass is 295 g/mol. The van der Waals surface area contributed by atoms with Gasteiger partial charge >= 0.3 is 0 Å². The first-order valence-electron chi connectivity index (χ1n) is 8.84. The number of rotatable bonds is 6. The minimum Gasteiger partial charge on any atom is -0.352 e. The molecule has 4 heteroatoms. The Hall–Kier alpha value is -0.610. The van der Waals surface area contributed by atoms with Crippen LogP contribution < -0.4 is 10.6 Å². The number of amides is 1. The second-order valence-electron chi connectivity index (χ2n) is 7.22. The van der Waals surface area contributed by atoms with Crippen LogP contribution in [0.25, 0.3) is 0 Å². The van der Waals surface area contributed by atoms with E-state index in [4.69, 9.17) is 0 Å². The first-order valence-corrected chi connectivity index (χ1v) is 8.84. The fourth-order valence-corrected chi connectivity index (χ4v) is 3.51. The highest BCUT2D eigenvalue weighted by molar-refractivity contribution is 5.81. The standard InChI is InChI=1S/C17H33N3O/c1-13(2)20-10-9-15(12-20)11-18-14(3)17(21)19-16-7-5-4-6-8-16/h13-16,18H,4-12H2,1-3H3,(H,19,21). The van der Waals surface area contributed by atoms with Gasteiger partial charge < -0.3 is 15.5 Å². The van der Waals surface area contributed by atoms with Crippen molar-refractivity contribution in [2.24, 2.45) is 5.92 Å². The second-order valence-corrected chi connectivity index (χ2v) is 7.22. The molecule has 0 aromatic rings. The molecule has 0 spiro atoms. The van der Waals surface area contributed by atoms with Crippen LogP contribution in [0.2, 0.25) is 0 Å². The van der Waals surface area contributed by atoms with Crippen molar-refractivity contribution < 1.29 is 4.79 Å². The molecule has 0 aromatic heterocycles. The minimum absolute atomic E-state index is 0.0694. The molecule has 0 radical (unpaired) electrons. The van der Waals surface area contributed by atoms with Crippen molar-refractivity contribution in [2.45, 2.75) is 77.4 Å². The Bertz CT molecular complexity index is 326. The summed E-state index contributed by atoms with van der Waals surface area (Å²) < 4.78 is 0. The summed E-state index contributed by atoms with van der Waals surface area (Å²) in [6.45, 7) is 9.84. The van der Waals surface area contributed by atoms with Crippen LogP contribution in [0.1, 0.15) is 59.3 Å². The summed E-state index contributed by atoms with van der Waals surface area (Å²) in [5.41, 5.74) is 0. The topological polar surface area (TPSA) is 44.4 Å². The Balaban J connectivity index is 1.64. The molecule has 21 heavy (non-hydrogen) atoms. The summed E-state index contributed by atoms with van der Waals surface area (Å²) in [4.78, 5) is 14.7. The van der Waals surface area contributed by atoms with Crippen molar-refractivity contribution >= 4 is 5.91 Å². The molecular weight excluding hydrogens is 262 g/mol. The maximum Gasteiger partial charge on any atom is 0.237 e. The van der Waals surface area contributed by atoms with E-state index >= 15 is 0 Å². The maximum atomic E-state index is 12.2. The van der Waals surface area contributed by atoms with Gasteiger partial charge in [0.1, 0.15) is 0 Å². The van der Waals surface area contributed by atoms with Crippen LogP contribution in [0.3, 0.4) is 0 Å². The zero-order valence-corrected chi connectivity index (χ0v) is 14.0. The minimum atomic E-state index is -0.0694. The van der Waals surface area contributed by atoms with Gasteiger partial charge in [-0.3, -0.25) is 4.79 Å². The molecule has 2 N–H and O–H groups in total. The molecule has 1 heterocycles. The van der Waals surface area contributed by atoms with Gasteiger partial charge in [-0.2, -0.15) is 0 Å². The Kier molecular flexibility index (Phi) is 6.49. The summed E-state index contributed by atoms with van der Waals surface area (Å²) in [6.07, 6.45) is 7.42. The van der Waals surface area contributed by atoms with Gasteiger partial charge in [-0.25, -0.2) is 0 Å². The van der Waals surface area contributed by atoms with Crippen LogP contribution >= 0.6 is 0 Å². The Labute approximate surface area is 130 Å². The van der Waals surface area contributed by atoms with E-state index < -0.39 is 0 Å². The van der Waals surface area contributed by atoms with Crippen LogP contribution in [-0.2, 0) is 4.79 Å². The second kappa shape index (κ2) is 8.14. The molecule has 122 valence electrons. The van der Waals surface area contributed by atoms with Gasteiger partial charge in [-0.15, -0.1) is 0 Å². The van der Waals surface area contributed by atoms with Gasteiger partial charge in [0.15, 0.2) is 0 Å². The van der Waals surface area contributed by atoms with Gasteiger partial charge in [0.05, 0.1) is 6.04 Å². The average molecular weight is 295 g/mol. The van der Waals surface area contributed by atoms with Crippen LogP contribution in [0.15, 0.2) is 0 Å². The average Bonchev–Trinajstić information content (AvgIpc) is 2.95. The Morgan fingerprint density at radius 1 is 1.14 bits per heavy atom. The molecule has 1 saturated carbocycles. The predicted molar refractivity (Wildman–Crippen MR) is 87.3 cm³/mol. The van der Waals surface area contributed by atoms with E-state index in [1.54, 1.807) is 0 Å². The zero-order chi connectivity index (χ0) is 15.2. The van der Waals surface area contributed by atoms with Gasteiger partial charge in [-0.05, 0) is 59.0 Å². The molecule has 1 aliphatic carbocycles. The predicted octanol–water partition coefficient (Wildman–Crippen LogP) is 2.14. The van der Waals surface area contributed by atoms with Gasteiger partial charge in [0.2, 0.25) is 5.91 Å². The van der Waals surface area contributed by atoms with Gasteiger partial charge in [-0.1, -0.05) is 19.3 Å². The Morgan fingerprint density at radius 3 is 2.48 bits per heavy atom. The molecule has 2 unspecified atom stereocenters. The van der Waals surface area contributed by atoms with E-state index in [9.17, 15) is 4.79 Å². The zero-order valence-electron chi connectivity index (χ0n) is 14.0. The molecule has 2 rings (SSSR count). The number of nitrogens with one attached hydrogen (secondary N) is 2. The van der Waals surface area contributed by atoms with Crippen molar-refractivity contribution in [2.75, 3.05) is 19.6 Å². The molecule has 1 amide bonds. The number of hydrogen-bond donors (Lipinski definition) is 2. The van der Waals surface area contributed by atoms with E-state index in [-0.39, 0.29) is 11.9 Å². The van der Waals surface area contributed by atoms with Crippen molar-refractivity contribution in [1.29, 1.82) is 0 Å². The smallest absolute Gasteiger partial charge is 0.237 e. The van der Waals surface area contributed by atoms with Gasteiger partial charge in [0, 0.05) is 18.6 Å². The number of carbonyl (C=O) groups is 1. The first-order chi connectivity index (χ1) is 10.1. The third-order valence-corrected chi connectivity index (χ3v) is 5.11. The van der Waals surface area contributed by atoms with Crippen molar-refractivity contribution in [3.8, 4) is 0 Å². The Morgan fingerprint density at radius 2 is 1.86 bits per heavy atom. The maximum absolute atomic E-state index is 12.2. The van der Waals surface area contributed by atoms with E-state index in [2.05, 4.69) is 29.4 Å². The van der Waals surface area contributed by atoms with E-state index in [1.165, 1.54) is 38.8 Å². The molecule has 1 saturated heterocycles. The normalized spacial score (nSPS) is 26.2. The van der Waals surface area contributed by atoms with Crippen LogP contribution in [-0.4, -0.2) is 48.6 Å². The van der Waals surface area contributed by atoms with Crippen molar-refractivity contribution in [3.05, 3.63) is 0 Å². The van der Waals surface area contributed by atoms with Crippen molar-refractivity contribution in [1.82, 2.24) is 15.5 Å². The lowest BCUT2D eigenvalue weighted by molar-refractivity contribution is -0.123. The highest BCUT2D eigenvalue weighted by Crippen LogP contribution is 2.18. The quantitative estimate of drug-likeness (QED) is 0.789. The van der Waals surface area contributed by atoms with E-state index in [0.29, 0.717) is 18.0 Å². The highest BCUT2D eigenvalue weighted by Gasteiger charge is 2.25. The lowest BCUT2D eigenvalue weighted by Crippen LogP contribution is -2.48. The third-order valence-electron chi connectivity index (χ3n) is 5.11. The van der Waals surface area contributed by atoms with E-state index in [1.807, 2.05) is 6.92 Å². The fourth-order valence-electron chi connectivity index (χ4n) is 3.51. The lowest BCUT2D eigenvalue weighted by atomic mass is 9.95. The van der Waals surface area contributed by atoms with Crippen LogP contribution in [0.5, 0.6) is 0 Å². The summed E-state index contributed by atoms with van der Waals surface area (Å²) in [5, 5.41) is 6.64. The molecule has 1 aliphatic heterocycles. The fraction of sp³-hybridized carbons (Fsp3) is 0.941. The SMILES string of the molecule is CC(NCC1CCN(C(C)C)C1)C(=O)NC1CCCCC1. The summed E-state index contributed by atoms with van der Waals surface area (Å²) in [6, 6.07) is 0.987. The summed E-state index contributed by atoms with van der Waals surface area (Å²) in [5.74, 6) is 0.873. The first kappa shape index (κ1) is 16.8. The molecule has 0 aromatic carbocycles. The number of hydrogen-bond acceptors (Lipinski definition) is 3. The molecular formula is C17H33N3O. The largest absolute Gasteiger partial charge is 0.352 e. The third kappa shape index (κ3) is 5.26. The highest BCUT2D eigenvalue weighted by atomic mass is 16.2. The molecule has 4 nitrogen and oxygen atoms in total. The summed E-state index contributed by atoms with van der Waals surface area (Å²) in [7, 11) is 0. The number of carbonyl (C=O) groups excluding carboxylic acids is 1. The van der Waals surface area contributed by atoms with Crippen LogP contribution in [0.4, 0.5) is 0 Å². The van der Waals surface area contributed by atoms with Crippen molar-refractivity contribution in [3.63, 3.8) is 0 Å². The number of nitrogens with zero attached hydrogens (tertiary/aromatic N) is 1. The lowest BCUT2D eigenvalue weighted by Gasteiger charge is -2.25. The van der Waals surface area contributed by atoms with Crippen LogP contribution in [0, 0.1) is 5.92 Å². The molecule has 2 aliphatic rings. The summed E-state index contributed by atoms with van der Waals surface area (Å²) >= 11 is 0. The molecule has 2 fully saturated rings. The number of likely N-dealkylation sites (tertiary alicyclic amines) is 1. The molecule has 0 bridgehead atoms. The molecule has 2 atom stereocenters. The van der Waals surface area contributed by atoms with Gasteiger partial charge in [0.25, 0.3) is 0 Å². The van der Waals surface area contributed by atoms with E-state index in [0.717, 1.165) is 19.4 Å².